The van der Waals surface area contributed by atoms with Crippen molar-refractivity contribution in [1.29, 1.82) is 0 Å². The van der Waals surface area contributed by atoms with Crippen molar-refractivity contribution in [3.8, 4) is 45.6 Å². The summed E-state index contributed by atoms with van der Waals surface area (Å²) in [5.74, 6) is 1.93. The Hall–Kier alpha value is -6.87. The van der Waals surface area contributed by atoms with Gasteiger partial charge in [0.15, 0.2) is 6.10 Å². The lowest BCUT2D eigenvalue weighted by molar-refractivity contribution is -0.151. The van der Waals surface area contributed by atoms with Gasteiger partial charge in [0.1, 0.15) is 46.0 Å². The molecule has 7 rings (SSSR count). The van der Waals surface area contributed by atoms with Gasteiger partial charge < -0.3 is 28.4 Å². The van der Waals surface area contributed by atoms with Gasteiger partial charge in [-0.25, -0.2) is 9.59 Å². The number of carbonyl (C=O) groups is 3. The topological polar surface area (TPSA) is 107 Å². The highest BCUT2D eigenvalue weighted by Gasteiger charge is 2.42. The third kappa shape index (κ3) is 12.9. The molecule has 4 unspecified atom stereocenters. The van der Waals surface area contributed by atoms with Gasteiger partial charge in [0.25, 0.3) is 0 Å². The monoisotopic (exact) mass is 1000 g/mol. The molecular formula is C65H76O9. The van der Waals surface area contributed by atoms with Crippen molar-refractivity contribution in [3.05, 3.63) is 168 Å². The first-order valence-electron chi connectivity index (χ1n) is 26.4. The quantitative estimate of drug-likeness (QED) is 0.0614. The van der Waals surface area contributed by atoms with E-state index in [1.807, 2.05) is 137 Å². The fourth-order valence-corrected chi connectivity index (χ4v) is 9.42. The van der Waals surface area contributed by atoms with Crippen LogP contribution < -0.4 is 28.4 Å². The summed E-state index contributed by atoms with van der Waals surface area (Å²) in [5, 5.41) is 0. The normalized spacial score (nSPS) is 16.1. The number of ether oxygens (including phenoxy) is 6. The van der Waals surface area contributed by atoms with Crippen LogP contribution in [0, 0.1) is 5.41 Å². The lowest BCUT2D eigenvalue weighted by atomic mass is 9.65. The maximum Gasteiger partial charge on any atom is 0.355 e. The average molecular weight is 1000 g/mol. The highest BCUT2D eigenvalue weighted by Crippen LogP contribution is 2.46. The predicted octanol–water partition coefficient (Wildman–Crippen LogP) is 15.5. The van der Waals surface area contributed by atoms with Crippen LogP contribution in [-0.4, -0.2) is 35.7 Å². The minimum absolute atomic E-state index is 0.00357. The summed E-state index contributed by atoms with van der Waals surface area (Å²) in [4.78, 5) is 40.4. The molecule has 0 N–H and O–H groups in total. The molecule has 74 heavy (non-hydrogen) atoms. The van der Waals surface area contributed by atoms with Crippen molar-refractivity contribution >= 4 is 17.9 Å². The molecule has 6 aromatic rings. The van der Waals surface area contributed by atoms with Gasteiger partial charge in [-0.2, -0.15) is 0 Å². The van der Waals surface area contributed by atoms with Crippen molar-refractivity contribution in [2.45, 2.75) is 162 Å². The second-order valence-corrected chi connectivity index (χ2v) is 22.5. The highest BCUT2D eigenvalue weighted by atomic mass is 16.6. The van der Waals surface area contributed by atoms with E-state index in [-0.39, 0.29) is 22.2 Å². The van der Waals surface area contributed by atoms with Crippen LogP contribution in [0.5, 0.6) is 34.5 Å². The van der Waals surface area contributed by atoms with Gasteiger partial charge in [-0.15, -0.1) is 0 Å². The maximum absolute atomic E-state index is 14.0. The van der Waals surface area contributed by atoms with Gasteiger partial charge in [0, 0.05) is 5.41 Å². The second kappa shape index (κ2) is 22.7. The Balaban J connectivity index is 0.933. The first kappa shape index (κ1) is 54.9. The molecule has 9 heteroatoms. The Kier molecular flexibility index (Phi) is 16.8. The van der Waals surface area contributed by atoms with E-state index < -0.39 is 35.2 Å². The molecule has 0 aliphatic heterocycles. The molecule has 0 heterocycles. The molecule has 4 atom stereocenters. The van der Waals surface area contributed by atoms with E-state index in [9.17, 15) is 14.4 Å². The Labute approximate surface area is 439 Å². The van der Waals surface area contributed by atoms with E-state index >= 15 is 0 Å². The molecule has 1 aliphatic rings. The first-order valence-corrected chi connectivity index (χ1v) is 26.4. The summed E-state index contributed by atoms with van der Waals surface area (Å²) in [5.41, 5.74) is 4.26. The molecule has 0 saturated heterocycles. The van der Waals surface area contributed by atoms with Gasteiger partial charge in [0.05, 0.1) is 0 Å². The molecule has 1 saturated carbocycles. The van der Waals surface area contributed by atoms with E-state index in [2.05, 4.69) is 65.8 Å². The zero-order valence-corrected chi connectivity index (χ0v) is 45.6. The maximum atomic E-state index is 14.0. The lowest BCUT2D eigenvalue weighted by Gasteiger charge is -2.39. The van der Waals surface area contributed by atoms with Crippen LogP contribution in [0.25, 0.3) is 11.1 Å². The first-order chi connectivity index (χ1) is 35.0. The van der Waals surface area contributed by atoms with E-state index in [4.69, 9.17) is 28.4 Å². The largest absolute Gasteiger partial charge is 0.490 e. The van der Waals surface area contributed by atoms with E-state index in [0.29, 0.717) is 47.3 Å². The third-order valence-corrected chi connectivity index (χ3v) is 15.1. The zero-order chi connectivity index (χ0) is 53.5. The van der Waals surface area contributed by atoms with Crippen molar-refractivity contribution in [3.63, 3.8) is 0 Å². The molecule has 9 nitrogen and oxygen atoms in total. The standard InChI is InChI=1S/C65H76O9/c1-13-63(11,45(4)70-53-30-18-46(19-31-53)47-20-32-55(33-21-47)73-60(68)64(12,14-2)74-57-40-24-49(25-41-57)62(8,9)10)59(67)72-56-38-28-51(29-39-56)65(42-16-15-17-43-65)50-26-36-52(37-27-50)69-44(3)58(66)71-54-34-22-48(23-35-54)61(5,6)7/h18-41,44-45H,13-17,42-43H2,1-12H3. The molecule has 6 aromatic carbocycles. The van der Waals surface area contributed by atoms with E-state index in [1.54, 1.807) is 26.0 Å². The number of benzene rings is 6. The Morgan fingerprint density at radius 1 is 0.459 bits per heavy atom. The Morgan fingerprint density at radius 2 is 0.851 bits per heavy atom. The smallest absolute Gasteiger partial charge is 0.355 e. The fourth-order valence-electron chi connectivity index (χ4n) is 9.42. The minimum atomic E-state index is -1.17. The van der Waals surface area contributed by atoms with Crippen molar-refractivity contribution in [2.24, 2.45) is 5.41 Å². The van der Waals surface area contributed by atoms with Gasteiger partial charge in [-0.3, -0.25) is 4.79 Å². The molecule has 390 valence electrons. The summed E-state index contributed by atoms with van der Waals surface area (Å²) in [6, 6.07) is 46.6. The number of rotatable bonds is 18. The van der Waals surface area contributed by atoms with E-state index in [0.717, 1.165) is 47.9 Å². The number of carbonyl (C=O) groups excluding carboxylic acids is 3. The SMILES string of the molecule is CCC(C)(Oc1ccc(C(C)(C)C)cc1)C(=O)Oc1ccc(-c2ccc(OC(C)C(C)(CC)C(=O)Oc3ccc(C4(c5ccc(OC(C)C(=O)Oc6ccc(C(C)(C)C)cc6)cc5)CCCCC4)cc3)cc2)cc1. The van der Waals surface area contributed by atoms with Crippen LogP contribution in [0.1, 0.15) is 150 Å². The molecular weight excluding hydrogens is 925 g/mol. The lowest BCUT2D eigenvalue weighted by Crippen LogP contribution is -2.43. The molecule has 0 spiro atoms. The van der Waals surface area contributed by atoms with Gasteiger partial charge >= 0.3 is 17.9 Å². The van der Waals surface area contributed by atoms with Crippen LogP contribution in [0.4, 0.5) is 0 Å². The zero-order valence-electron chi connectivity index (χ0n) is 45.6. The van der Waals surface area contributed by atoms with Crippen molar-refractivity contribution in [2.75, 3.05) is 0 Å². The molecule has 1 aliphatic carbocycles. The average Bonchev–Trinajstić information content (AvgIpc) is 3.39. The van der Waals surface area contributed by atoms with Gasteiger partial charge in [-0.05, 0) is 170 Å². The summed E-state index contributed by atoms with van der Waals surface area (Å²) < 4.78 is 36.2. The predicted molar refractivity (Wildman–Crippen MR) is 294 cm³/mol. The Morgan fingerprint density at radius 3 is 1.31 bits per heavy atom. The van der Waals surface area contributed by atoms with Crippen molar-refractivity contribution < 1.29 is 42.8 Å². The second-order valence-electron chi connectivity index (χ2n) is 22.5. The summed E-state index contributed by atoms with van der Waals surface area (Å²) >= 11 is 0. The molecule has 0 amide bonds. The van der Waals surface area contributed by atoms with Crippen LogP contribution in [0.15, 0.2) is 146 Å². The summed E-state index contributed by atoms with van der Waals surface area (Å²) in [6.07, 6.45) is 4.97. The van der Waals surface area contributed by atoms with Crippen LogP contribution in [-0.2, 0) is 30.6 Å². The van der Waals surface area contributed by atoms with Gasteiger partial charge in [-0.1, -0.05) is 147 Å². The number of hydrogen-bond donors (Lipinski definition) is 0. The summed E-state index contributed by atoms with van der Waals surface area (Å²) in [7, 11) is 0. The molecule has 0 aromatic heterocycles. The highest BCUT2D eigenvalue weighted by molar-refractivity contribution is 5.82. The number of esters is 3. The Bertz CT molecular complexity index is 2810. The van der Waals surface area contributed by atoms with Crippen LogP contribution in [0.3, 0.4) is 0 Å². The van der Waals surface area contributed by atoms with Crippen molar-refractivity contribution in [1.82, 2.24) is 0 Å². The summed E-state index contributed by atoms with van der Waals surface area (Å²) in [6.45, 7) is 24.0. The third-order valence-electron chi connectivity index (χ3n) is 15.1. The van der Waals surface area contributed by atoms with Crippen LogP contribution in [0.2, 0.25) is 0 Å². The minimum Gasteiger partial charge on any atom is -0.490 e. The van der Waals surface area contributed by atoms with Gasteiger partial charge in [0.2, 0.25) is 5.60 Å². The van der Waals surface area contributed by atoms with E-state index in [1.165, 1.54) is 17.5 Å². The molecule has 1 fully saturated rings. The molecule has 0 radical (unpaired) electrons. The molecule has 0 bridgehead atoms. The fraction of sp³-hybridized carbons (Fsp3) is 0.400. The number of hydrogen-bond acceptors (Lipinski definition) is 9. The van der Waals surface area contributed by atoms with Crippen LogP contribution >= 0.6 is 0 Å².